The highest BCUT2D eigenvalue weighted by Gasteiger charge is 2.69. The van der Waals surface area contributed by atoms with E-state index in [0.717, 1.165) is 24.2 Å². The zero-order chi connectivity index (χ0) is 26.7. The summed E-state index contributed by atoms with van der Waals surface area (Å²) >= 11 is 0. The van der Waals surface area contributed by atoms with Crippen molar-refractivity contribution < 1.29 is 4.79 Å². The number of nitrogens with one attached hydrogen (secondary N) is 1. The second-order valence-corrected chi connectivity index (χ2v) is 11.6. The zero-order valence-corrected chi connectivity index (χ0v) is 22.8. The molecule has 4 aromatic carbocycles. The van der Waals surface area contributed by atoms with E-state index >= 15 is 0 Å². The monoisotopic (exact) mass is 510 g/mol. The summed E-state index contributed by atoms with van der Waals surface area (Å²) in [7, 11) is 0. The van der Waals surface area contributed by atoms with Crippen molar-refractivity contribution in [3.05, 3.63) is 142 Å². The van der Waals surface area contributed by atoms with Gasteiger partial charge in [-0.2, -0.15) is 0 Å². The maximum Gasteiger partial charge on any atom is 0.237 e. The van der Waals surface area contributed by atoms with Crippen LogP contribution >= 0.6 is 0 Å². The van der Waals surface area contributed by atoms with Crippen LogP contribution in [0.15, 0.2) is 103 Å². The Bertz CT molecular complexity index is 1580. The smallest absolute Gasteiger partial charge is 0.237 e. The molecule has 4 atom stereocenters. The van der Waals surface area contributed by atoms with Gasteiger partial charge in [-0.05, 0) is 61.1 Å². The highest BCUT2D eigenvalue weighted by Crippen LogP contribution is 2.65. The van der Waals surface area contributed by atoms with E-state index in [1.54, 1.807) is 0 Å². The lowest BCUT2D eigenvalue weighted by atomic mass is 9.62. The van der Waals surface area contributed by atoms with Crippen molar-refractivity contribution >= 4 is 17.7 Å². The number of carbonyl (C=O) groups is 1. The predicted molar refractivity (Wildman–Crippen MR) is 159 cm³/mol. The van der Waals surface area contributed by atoms with Crippen LogP contribution in [0.25, 0.3) is 6.08 Å². The fourth-order valence-electron chi connectivity index (χ4n) is 7.48. The molecule has 3 heterocycles. The summed E-state index contributed by atoms with van der Waals surface area (Å²) in [4.78, 5) is 17.2. The highest BCUT2D eigenvalue weighted by atomic mass is 16.2. The van der Waals surface area contributed by atoms with Gasteiger partial charge in [-0.1, -0.05) is 114 Å². The molecule has 39 heavy (non-hydrogen) atoms. The molecule has 4 aromatic rings. The molecule has 1 spiro atoms. The van der Waals surface area contributed by atoms with Crippen molar-refractivity contribution in [3.8, 4) is 0 Å². The second-order valence-electron chi connectivity index (χ2n) is 11.6. The molecule has 2 saturated heterocycles. The minimum absolute atomic E-state index is 0.0277. The van der Waals surface area contributed by atoms with Gasteiger partial charge in [-0.15, -0.1) is 0 Å². The number of hydrogen-bond acceptors (Lipinski definition) is 2. The molecule has 0 unspecified atom stereocenters. The number of nitrogens with zero attached hydrogens (tertiary/aromatic N) is 1. The molecule has 3 aliphatic rings. The van der Waals surface area contributed by atoms with E-state index in [1.165, 1.54) is 39.0 Å². The maximum absolute atomic E-state index is 14.6. The van der Waals surface area contributed by atoms with Gasteiger partial charge in [0.05, 0.1) is 6.04 Å². The van der Waals surface area contributed by atoms with Crippen LogP contribution in [0.3, 0.4) is 0 Å². The SMILES string of the molecule is Cc1ccc(/C=C2\CCN3[C@@H]2[C@@]2(C(=O)Nc4ccccc42)[C@@H](c2ccc(C)cc2)[C@@H]3c2ccc(C)cc2)cc1. The van der Waals surface area contributed by atoms with E-state index in [9.17, 15) is 4.79 Å². The molecule has 3 aliphatic heterocycles. The van der Waals surface area contributed by atoms with Crippen LogP contribution in [-0.2, 0) is 10.2 Å². The average Bonchev–Trinajstić information content (AvgIpc) is 3.57. The van der Waals surface area contributed by atoms with Crippen LogP contribution in [0.2, 0.25) is 0 Å². The summed E-state index contributed by atoms with van der Waals surface area (Å²) < 4.78 is 0. The van der Waals surface area contributed by atoms with E-state index in [1.807, 2.05) is 6.07 Å². The summed E-state index contributed by atoms with van der Waals surface area (Å²) in [5.74, 6) is 0.0896. The van der Waals surface area contributed by atoms with Crippen LogP contribution in [0, 0.1) is 20.8 Å². The first-order chi connectivity index (χ1) is 19.0. The molecule has 194 valence electrons. The Morgan fingerprint density at radius 3 is 2.03 bits per heavy atom. The van der Waals surface area contributed by atoms with Crippen LogP contribution in [0.4, 0.5) is 5.69 Å². The molecule has 1 amide bonds. The number of para-hydroxylation sites is 1. The largest absolute Gasteiger partial charge is 0.325 e. The Kier molecular flexibility index (Phi) is 5.61. The minimum atomic E-state index is -0.728. The number of fused-ring (bicyclic) bond motifs is 4. The fraction of sp³-hybridized carbons (Fsp3) is 0.250. The summed E-state index contributed by atoms with van der Waals surface area (Å²) in [6, 6.07) is 35.0. The van der Waals surface area contributed by atoms with E-state index in [0.29, 0.717) is 0 Å². The summed E-state index contributed by atoms with van der Waals surface area (Å²) in [6.45, 7) is 7.32. The quantitative estimate of drug-likeness (QED) is 0.310. The molecule has 3 heteroatoms. The molecule has 2 fully saturated rings. The Balaban J connectivity index is 1.51. The summed E-state index contributed by atoms with van der Waals surface area (Å²) in [5, 5.41) is 3.33. The van der Waals surface area contributed by atoms with E-state index in [-0.39, 0.29) is 23.9 Å². The van der Waals surface area contributed by atoms with Crippen molar-refractivity contribution in [1.29, 1.82) is 0 Å². The lowest BCUT2D eigenvalue weighted by molar-refractivity contribution is -0.121. The van der Waals surface area contributed by atoms with Crippen molar-refractivity contribution in [2.45, 2.75) is 50.6 Å². The lowest BCUT2D eigenvalue weighted by Gasteiger charge is -2.36. The van der Waals surface area contributed by atoms with Crippen molar-refractivity contribution in [2.75, 3.05) is 11.9 Å². The number of anilines is 1. The summed E-state index contributed by atoms with van der Waals surface area (Å²) in [6.07, 6.45) is 3.31. The van der Waals surface area contributed by atoms with Crippen LogP contribution in [0.1, 0.15) is 57.3 Å². The number of amides is 1. The topological polar surface area (TPSA) is 32.3 Å². The normalized spacial score (nSPS) is 26.7. The number of carbonyl (C=O) groups excluding carboxylic acids is 1. The molecule has 0 aliphatic carbocycles. The Morgan fingerprint density at radius 2 is 1.36 bits per heavy atom. The summed E-state index contributed by atoms with van der Waals surface area (Å²) in [5.41, 5.74) is 10.1. The first kappa shape index (κ1) is 24.1. The van der Waals surface area contributed by atoms with Crippen LogP contribution in [-0.4, -0.2) is 23.4 Å². The zero-order valence-electron chi connectivity index (χ0n) is 22.8. The highest BCUT2D eigenvalue weighted by molar-refractivity contribution is 6.09. The molecule has 0 aromatic heterocycles. The molecule has 1 N–H and O–H groups in total. The first-order valence-corrected chi connectivity index (χ1v) is 14.0. The van der Waals surface area contributed by atoms with Gasteiger partial charge < -0.3 is 5.32 Å². The van der Waals surface area contributed by atoms with Gasteiger partial charge in [-0.3, -0.25) is 9.69 Å². The molecular formula is C36H34N2O. The fourth-order valence-corrected chi connectivity index (χ4v) is 7.48. The molecule has 0 saturated carbocycles. The van der Waals surface area contributed by atoms with Crippen LogP contribution < -0.4 is 5.32 Å². The molecule has 3 nitrogen and oxygen atoms in total. The lowest BCUT2D eigenvalue weighted by Crippen LogP contribution is -2.48. The number of aryl methyl sites for hydroxylation is 3. The molecule has 7 rings (SSSR count). The van der Waals surface area contributed by atoms with Gasteiger partial charge >= 0.3 is 0 Å². The number of hydrogen-bond donors (Lipinski definition) is 1. The maximum atomic E-state index is 14.6. The Hall–Kier alpha value is -3.95. The molecule has 0 radical (unpaired) electrons. The minimum Gasteiger partial charge on any atom is -0.325 e. The second kappa shape index (κ2) is 9.07. The molecule has 0 bridgehead atoms. The van der Waals surface area contributed by atoms with Gasteiger partial charge in [0.25, 0.3) is 0 Å². The van der Waals surface area contributed by atoms with Crippen molar-refractivity contribution in [2.24, 2.45) is 0 Å². The van der Waals surface area contributed by atoms with E-state index in [2.05, 4.69) is 128 Å². The number of benzene rings is 4. The standard InChI is InChI=1S/C36H34N2O/c1-23-8-14-26(15-9-23)22-29-20-21-38-33(28-18-12-25(3)13-19-28)32(27-16-10-24(2)11-17-27)36(34(29)38)30-6-4-5-7-31(30)37-35(36)39/h4-19,22,32-34H,20-21H2,1-3H3,(H,37,39)/b29-22+/t32-,33-,34-,36-/m0/s1. The Labute approximate surface area is 231 Å². The van der Waals surface area contributed by atoms with Gasteiger partial charge in [-0.25, -0.2) is 0 Å². The Morgan fingerprint density at radius 1 is 0.769 bits per heavy atom. The van der Waals surface area contributed by atoms with Crippen LogP contribution in [0.5, 0.6) is 0 Å². The first-order valence-electron chi connectivity index (χ1n) is 14.0. The third-order valence-corrected chi connectivity index (χ3v) is 9.22. The van der Waals surface area contributed by atoms with Gasteiger partial charge in [0, 0.05) is 24.2 Å². The number of rotatable bonds is 3. The van der Waals surface area contributed by atoms with Gasteiger partial charge in [0.2, 0.25) is 5.91 Å². The third-order valence-electron chi connectivity index (χ3n) is 9.22. The average molecular weight is 511 g/mol. The third kappa shape index (κ3) is 3.64. The van der Waals surface area contributed by atoms with Gasteiger partial charge in [0.1, 0.15) is 5.41 Å². The van der Waals surface area contributed by atoms with Crippen molar-refractivity contribution in [3.63, 3.8) is 0 Å². The predicted octanol–water partition coefficient (Wildman–Crippen LogP) is 7.50. The van der Waals surface area contributed by atoms with E-state index < -0.39 is 5.41 Å². The van der Waals surface area contributed by atoms with E-state index in [4.69, 9.17) is 0 Å². The van der Waals surface area contributed by atoms with Crippen molar-refractivity contribution in [1.82, 2.24) is 4.90 Å². The van der Waals surface area contributed by atoms with Gasteiger partial charge in [0.15, 0.2) is 0 Å². The molecular weight excluding hydrogens is 476 g/mol.